The molecule has 4 amide bonds. The highest BCUT2D eigenvalue weighted by Gasteiger charge is 2.32. The Morgan fingerprint density at radius 2 is 1.62 bits per heavy atom. The average molecular weight is 549 g/mol. The molecular weight excluding hydrogens is 512 g/mol. The van der Waals surface area contributed by atoms with Crippen LogP contribution in [0.5, 0.6) is 5.75 Å². The van der Waals surface area contributed by atoms with Crippen molar-refractivity contribution in [2.45, 2.75) is 62.7 Å². The molecule has 0 spiro atoms. The smallest absolute Gasteiger partial charge is 0.326 e. The second kappa shape index (κ2) is 15.1. The van der Waals surface area contributed by atoms with Gasteiger partial charge in [-0.25, -0.2) is 4.79 Å². The highest BCUT2D eigenvalue weighted by molar-refractivity contribution is 5.96. The van der Waals surface area contributed by atoms with E-state index in [0.29, 0.717) is 24.9 Å². The number of phenolic OH excluding ortho intramolecular Hbond substituents is 1. The van der Waals surface area contributed by atoms with Crippen molar-refractivity contribution in [3.8, 4) is 5.75 Å². The summed E-state index contributed by atoms with van der Waals surface area (Å²) >= 11 is 0. The predicted octanol–water partition coefficient (Wildman–Crippen LogP) is -2.85. The molecule has 1 aromatic rings. The lowest BCUT2D eigenvalue weighted by Crippen LogP contribution is -2.57. The molecule has 1 aromatic carbocycles. The van der Waals surface area contributed by atoms with Gasteiger partial charge in [-0.1, -0.05) is 12.1 Å². The molecule has 0 saturated carbocycles. The Balaban J connectivity index is 2.13. The number of carbonyl (C=O) groups excluding carboxylic acids is 4. The van der Waals surface area contributed by atoms with Crippen LogP contribution in [0.25, 0.3) is 0 Å². The maximum absolute atomic E-state index is 13.2. The molecular formula is C24H36N8O7. The quantitative estimate of drug-likeness (QED) is 0.0615. The van der Waals surface area contributed by atoms with Crippen molar-refractivity contribution >= 4 is 35.6 Å². The summed E-state index contributed by atoms with van der Waals surface area (Å²) in [6.45, 7) is 0.849. The molecule has 15 nitrogen and oxygen atoms in total. The van der Waals surface area contributed by atoms with E-state index in [0.717, 1.165) is 6.42 Å². The number of phenols is 1. The molecule has 1 aliphatic rings. The zero-order valence-corrected chi connectivity index (χ0v) is 21.4. The second-order valence-electron chi connectivity index (χ2n) is 9.16. The Morgan fingerprint density at radius 3 is 2.18 bits per heavy atom. The second-order valence-corrected chi connectivity index (χ2v) is 9.16. The van der Waals surface area contributed by atoms with Gasteiger partial charge in [0.15, 0.2) is 5.96 Å². The van der Waals surface area contributed by atoms with Crippen LogP contribution in [-0.2, 0) is 30.4 Å². The van der Waals surface area contributed by atoms with Crippen molar-refractivity contribution < 1.29 is 34.2 Å². The van der Waals surface area contributed by atoms with E-state index in [1.807, 2.05) is 0 Å². The zero-order chi connectivity index (χ0) is 28.9. The number of hydrogen-bond donors (Lipinski definition) is 9. The van der Waals surface area contributed by atoms with Gasteiger partial charge in [0.1, 0.15) is 23.9 Å². The molecule has 214 valence electrons. The van der Waals surface area contributed by atoms with Crippen molar-refractivity contribution in [3.63, 3.8) is 0 Å². The molecule has 12 N–H and O–H groups in total. The van der Waals surface area contributed by atoms with E-state index in [1.165, 1.54) is 24.3 Å². The monoisotopic (exact) mass is 548 g/mol. The molecule has 0 aliphatic carbocycles. The summed E-state index contributed by atoms with van der Waals surface area (Å²) in [5, 5.41) is 29.4. The Morgan fingerprint density at radius 1 is 0.974 bits per heavy atom. The topological polar surface area (TPSA) is 264 Å². The summed E-state index contributed by atoms with van der Waals surface area (Å²) in [6, 6.07) is 1.26. The van der Waals surface area contributed by atoms with Gasteiger partial charge < -0.3 is 48.7 Å². The first-order valence-corrected chi connectivity index (χ1v) is 12.4. The average Bonchev–Trinajstić information content (AvgIpc) is 3.41. The highest BCUT2D eigenvalue weighted by Crippen LogP contribution is 2.12. The molecule has 1 saturated heterocycles. The highest BCUT2D eigenvalue weighted by atomic mass is 16.4. The molecule has 1 heterocycles. The van der Waals surface area contributed by atoms with E-state index in [1.54, 1.807) is 0 Å². The number of nitrogens with zero attached hydrogens (tertiary/aromatic N) is 1. The first kappa shape index (κ1) is 30.8. The van der Waals surface area contributed by atoms with Crippen molar-refractivity contribution in [1.29, 1.82) is 0 Å². The van der Waals surface area contributed by atoms with Crippen LogP contribution in [0.4, 0.5) is 0 Å². The third-order valence-corrected chi connectivity index (χ3v) is 5.98. The van der Waals surface area contributed by atoms with Crippen LogP contribution in [0.2, 0.25) is 0 Å². The first-order chi connectivity index (χ1) is 18.5. The summed E-state index contributed by atoms with van der Waals surface area (Å²) in [4.78, 5) is 66.1. The van der Waals surface area contributed by atoms with Gasteiger partial charge in [0.05, 0.1) is 12.5 Å². The van der Waals surface area contributed by atoms with Crippen molar-refractivity contribution in [3.05, 3.63) is 29.8 Å². The molecule has 4 atom stereocenters. The van der Waals surface area contributed by atoms with Crippen LogP contribution in [0, 0.1) is 0 Å². The van der Waals surface area contributed by atoms with E-state index in [4.69, 9.17) is 17.2 Å². The van der Waals surface area contributed by atoms with Gasteiger partial charge in [-0.2, -0.15) is 0 Å². The number of guanidine groups is 1. The number of nitrogens with one attached hydrogen (secondary N) is 4. The number of hydrogen-bond acceptors (Lipinski definition) is 8. The number of carboxylic acids is 1. The molecule has 4 unspecified atom stereocenters. The van der Waals surface area contributed by atoms with Crippen LogP contribution in [0.1, 0.15) is 37.7 Å². The normalized spacial score (nSPS) is 16.8. The lowest BCUT2D eigenvalue weighted by Gasteiger charge is -2.25. The molecule has 0 aromatic heterocycles. The third-order valence-electron chi connectivity index (χ3n) is 5.98. The SMILES string of the molecule is NC(=O)CC(NC(=O)C(CCCN=C(N)N)NC(=O)C1CCCN1)C(=O)NC(Cc1ccc(O)cc1)C(=O)O. The van der Waals surface area contributed by atoms with Crippen molar-refractivity contribution in [1.82, 2.24) is 21.3 Å². The summed E-state index contributed by atoms with van der Waals surface area (Å²) in [5.41, 5.74) is 16.4. The van der Waals surface area contributed by atoms with Crippen LogP contribution in [0.3, 0.4) is 0 Å². The Hall–Kier alpha value is -4.40. The molecule has 1 fully saturated rings. The van der Waals surface area contributed by atoms with E-state index in [9.17, 15) is 34.2 Å². The minimum Gasteiger partial charge on any atom is -0.508 e. The number of aliphatic imine (C=N–C) groups is 1. The number of rotatable bonds is 15. The van der Waals surface area contributed by atoms with Gasteiger partial charge in [-0.05, 0) is 49.9 Å². The summed E-state index contributed by atoms with van der Waals surface area (Å²) in [7, 11) is 0. The number of carboxylic acid groups (broad SMARTS) is 1. The summed E-state index contributed by atoms with van der Waals surface area (Å²) < 4.78 is 0. The Kier molecular flexibility index (Phi) is 11.9. The maximum atomic E-state index is 13.2. The number of nitrogens with two attached hydrogens (primary N) is 3. The number of aliphatic carboxylic acids is 1. The molecule has 1 aliphatic heterocycles. The van der Waals surface area contributed by atoms with Gasteiger partial charge >= 0.3 is 5.97 Å². The number of aromatic hydroxyl groups is 1. The van der Waals surface area contributed by atoms with Gasteiger partial charge in [-0.15, -0.1) is 0 Å². The predicted molar refractivity (Wildman–Crippen MR) is 140 cm³/mol. The van der Waals surface area contributed by atoms with E-state index in [2.05, 4.69) is 26.3 Å². The maximum Gasteiger partial charge on any atom is 0.326 e. The number of amides is 4. The molecule has 2 rings (SSSR count). The van der Waals surface area contributed by atoms with E-state index >= 15 is 0 Å². The van der Waals surface area contributed by atoms with Crippen LogP contribution >= 0.6 is 0 Å². The first-order valence-electron chi connectivity index (χ1n) is 12.4. The molecule has 0 bridgehead atoms. The van der Waals surface area contributed by atoms with Crippen LogP contribution < -0.4 is 38.5 Å². The standard InChI is InChI=1S/C24H36N8O7/c25-19(34)12-17(22(37)32-18(23(38)39)11-13-5-7-14(33)8-6-13)31-21(36)16(4-2-10-29-24(26)27)30-20(35)15-3-1-9-28-15/h5-8,15-18,28,33H,1-4,9-12H2,(H2,25,34)(H,30,35)(H,31,36)(H,32,37)(H,38,39)(H4,26,27,29). The van der Waals surface area contributed by atoms with E-state index < -0.39 is 60.2 Å². The fraction of sp³-hybridized carbons (Fsp3) is 0.500. The largest absolute Gasteiger partial charge is 0.508 e. The van der Waals surface area contributed by atoms with Gasteiger partial charge in [0, 0.05) is 13.0 Å². The number of carbonyl (C=O) groups is 5. The van der Waals surface area contributed by atoms with Crippen LogP contribution in [-0.4, -0.2) is 83.0 Å². The van der Waals surface area contributed by atoms with Gasteiger partial charge in [0.2, 0.25) is 23.6 Å². The van der Waals surface area contributed by atoms with Gasteiger partial charge in [0.25, 0.3) is 0 Å². The van der Waals surface area contributed by atoms with Gasteiger partial charge in [-0.3, -0.25) is 24.2 Å². The number of primary amides is 1. The van der Waals surface area contributed by atoms with Crippen LogP contribution in [0.15, 0.2) is 29.3 Å². The summed E-state index contributed by atoms with van der Waals surface area (Å²) in [5.74, 6) is -4.52. The lowest BCUT2D eigenvalue weighted by molar-refractivity contribution is -0.142. The minimum absolute atomic E-state index is 0.0115. The fourth-order valence-corrected chi connectivity index (χ4v) is 3.98. The molecule has 0 radical (unpaired) electrons. The molecule has 15 heteroatoms. The zero-order valence-electron chi connectivity index (χ0n) is 21.4. The third kappa shape index (κ3) is 10.9. The minimum atomic E-state index is -1.50. The Bertz CT molecular complexity index is 1050. The fourth-order valence-electron chi connectivity index (χ4n) is 3.98. The lowest BCUT2D eigenvalue weighted by atomic mass is 10.0. The van der Waals surface area contributed by atoms with Crippen molar-refractivity contribution in [2.75, 3.05) is 13.1 Å². The van der Waals surface area contributed by atoms with E-state index in [-0.39, 0.29) is 31.1 Å². The number of benzene rings is 1. The molecule has 39 heavy (non-hydrogen) atoms. The summed E-state index contributed by atoms with van der Waals surface area (Å²) in [6.07, 6.45) is 1.09. The Labute approximate surface area is 225 Å². The van der Waals surface area contributed by atoms with Crippen molar-refractivity contribution in [2.24, 2.45) is 22.2 Å².